The third-order valence-electron chi connectivity index (χ3n) is 2.80. The fourth-order valence-electron chi connectivity index (χ4n) is 1.73. The van der Waals surface area contributed by atoms with E-state index in [2.05, 4.69) is 20.9 Å². The highest BCUT2D eigenvalue weighted by Gasteiger charge is 2.28. The van der Waals surface area contributed by atoms with Crippen LogP contribution in [0.15, 0.2) is 16.7 Å². The molecule has 1 aromatic rings. The molecule has 1 aliphatic heterocycles. The number of hydrogen-bond acceptors (Lipinski definition) is 3. The molecule has 0 aromatic carbocycles. The van der Waals surface area contributed by atoms with Gasteiger partial charge in [0.25, 0.3) is 5.91 Å². The van der Waals surface area contributed by atoms with E-state index >= 15 is 0 Å². The summed E-state index contributed by atoms with van der Waals surface area (Å²) in [7, 11) is 1.80. The van der Waals surface area contributed by atoms with Gasteiger partial charge in [0.2, 0.25) is 5.88 Å². The van der Waals surface area contributed by atoms with Gasteiger partial charge in [0.15, 0.2) is 0 Å². The lowest BCUT2D eigenvalue weighted by Gasteiger charge is -2.23. The zero-order chi connectivity index (χ0) is 11.7. The van der Waals surface area contributed by atoms with Crippen LogP contribution in [0.4, 0.5) is 0 Å². The van der Waals surface area contributed by atoms with E-state index < -0.39 is 0 Å². The molecule has 0 bridgehead atoms. The van der Waals surface area contributed by atoms with Crippen LogP contribution in [0.3, 0.4) is 0 Å². The Morgan fingerprint density at radius 2 is 2.44 bits per heavy atom. The normalized spacial score (nSPS) is 20.1. The van der Waals surface area contributed by atoms with Crippen LogP contribution in [-0.2, 0) is 0 Å². The molecule has 0 saturated carbocycles. The molecule has 0 aliphatic carbocycles. The molecule has 16 heavy (non-hydrogen) atoms. The number of amides is 1. The van der Waals surface area contributed by atoms with Gasteiger partial charge in [0.1, 0.15) is 12.2 Å². The number of carbonyl (C=O) groups excluding carboxylic acids is 1. The summed E-state index contributed by atoms with van der Waals surface area (Å²) < 4.78 is 6.34. The molecule has 0 radical (unpaired) electrons. The van der Waals surface area contributed by atoms with Crippen molar-refractivity contribution in [1.29, 1.82) is 0 Å². The highest BCUT2D eigenvalue weighted by Crippen LogP contribution is 2.25. The quantitative estimate of drug-likeness (QED) is 0.793. The Bertz CT molecular complexity index is 422. The molecule has 0 fully saturated rings. The second-order valence-corrected chi connectivity index (χ2v) is 4.71. The number of likely N-dealkylation sites (N-methyl/N-ethyl adjacent to an activating group) is 1. The molecule has 1 aromatic heterocycles. The maximum Gasteiger partial charge on any atom is 0.259 e. The maximum absolute atomic E-state index is 12.1. The molecular weight excluding hydrogens is 272 g/mol. The first kappa shape index (κ1) is 11.4. The standard InChI is InChI=1S/C11H13BrN2O2/c1-3-8-6-16-10-9(11(15)14(8)2)4-7(12)5-13-10/h4-5,8H,3,6H2,1-2H3/t8-/m0/s1. The van der Waals surface area contributed by atoms with Crippen molar-refractivity contribution in [3.05, 3.63) is 22.3 Å². The summed E-state index contributed by atoms with van der Waals surface area (Å²) in [6, 6.07) is 1.86. The van der Waals surface area contributed by atoms with Gasteiger partial charge in [-0.05, 0) is 28.4 Å². The van der Waals surface area contributed by atoms with E-state index in [1.165, 1.54) is 0 Å². The molecule has 2 rings (SSSR count). The van der Waals surface area contributed by atoms with Gasteiger partial charge in [-0.15, -0.1) is 0 Å². The summed E-state index contributed by atoms with van der Waals surface area (Å²) in [6.07, 6.45) is 2.51. The summed E-state index contributed by atoms with van der Waals surface area (Å²) in [5.41, 5.74) is 0.521. The predicted molar refractivity (Wildman–Crippen MR) is 63.6 cm³/mol. The molecule has 0 unspecified atom stereocenters. The Morgan fingerprint density at radius 3 is 3.12 bits per heavy atom. The minimum Gasteiger partial charge on any atom is -0.475 e. The Hall–Kier alpha value is -1.10. The molecule has 0 N–H and O–H groups in total. The monoisotopic (exact) mass is 284 g/mol. The van der Waals surface area contributed by atoms with Gasteiger partial charge in [0.05, 0.1) is 6.04 Å². The van der Waals surface area contributed by atoms with Crippen LogP contribution >= 0.6 is 15.9 Å². The largest absolute Gasteiger partial charge is 0.475 e. The van der Waals surface area contributed by atoms with Crippen molar-refractivity contribution >= 4 is 21.8 Å². The third kappa shape index (κ3) is 1.91. The third-order valence-corrected chi connectivity index (χ3v) is 3.23. The lowest BCUT2D eigenvalue weighted by molar-refractivity contribution is 0.0711. The molecule has 0 spiro atoms. The van der Waals surface area contributed by atoms with Crippen LogP contribution in [0.2, 0.25) is 0 Å². The fraction of sp³-hybridized carbons (Fsp3) is 0.455. The van der Waals surface area contributed by atoms with Gasteiger partial charge < -0.3 is 9.64 Å². The second kappa shape index (κ2) is 4.41. The number of hydrogen-bond donors (Lipinski definition) is 0. The maximum atomic E-state index is 12.1. The Labute approximate surface area is 103 Å². The Kier molecular flexibility index (Phi) is 3.14. The van der Waals surface area contributed by atoms with Crippen molar-refractivity contribution in [2.24, 2.45) is 0 Å². The Morgan fingerprint density at radius 1 is 1.69 bits per heavy atom. The highest BCUT2D eigenvalue weighted by atomic mass is 79.9. The molecule has 1 amide bonds. The van der Waals surface area contributed by atoms with Crippen molar-refractivity contribution in [2.45, 2.75) is 19.4 Å². The molecule has 86 valence electrons. The van der Waals surface area contributed by atoms with E-state index in [9.17, 15) is 4.79 Å². The average Bonchev–Trinajstić information content (AvgIpc) is 2.40. The van der Waals surface area contributed by atoms with Crippen molar-refractivity contribution in [1.82, 2.24) is 9.88 Å². The van der Waals surface area contributed by atoms with Gasteiger partial charge in [-0.2, -0.15) is 0 Å². The van der Waals surface area contributed by atoms with Gasteiger partial charge in [-0.25, -0.2) is 4.98 Å². The van der Waals surface area contributed by atoms with Crippen LogP contribution < -0.4 is 4.74 Å². The number of rotatable bonds is 1. The number of fused-ring (bicyclic) bond motifs is 1. The predicted octanol–water partition coefficient (Wildman–Crippen LogP) is 2.09. The molecular formula is C11H13BrN2O2. The second-order valence-electron chi connectivity index (χ2n) is 3.80. The van der Waals surface area contributed by atoms with E-state index in [1.807, 2.05) is 6.92 Å². The minimum absolute atomic E-state index is 0.0341. The van der Waals surface area contributed by atoms with Crippen LogP contribution in [0.5, 0.6) is 5.88 Å². The van der Waals surface area contributed by atoms with E-state index in [0.717, 1.165) is 10.9 Å². The number of carbonyl (C=O) groups is 1. The summed E-state index contributed by atoms with van der Waals surface area (Å²) in [5.74, 6) is 0.393. The van der Waals surface area contributed by atoms with Gasteiger partial charge in [0, 0.05) is 17.7 Å². The van der Waals surface area contributed by atoms with Crippen molar-refractivity contribution in [3.8, 4) is 5.88 Å². The fourth-order valence-corrected chi connectivity index (χ4v) is 2.06. The summed E-state index contributed by atoms with van der Waals surface area (Å²) in [5, 5.41) is 0. The zero-order valence-corrected chi connectivity index (χ0v) is 10.8. The summed E-state index contributed by atoms with van der Waals surface area (Å²) in [6.45, 7) is 2.54. The van der Waals surface area contributed by atoms with E-state index in [0.29, 0.717) is 18.1 Å². The molecule has 1 aliphatic rings. The summed E-state index contributed by atoms with van der Waals surface area (Å²) in [4.78, 5) is 18.0. The highest BCUT2D eigenvalue weighted by molar-refractivity contribution is 9.10. The minimum atomic E-state index is -0.0341. The Balaban J connectivity index is 2.43. The number of halogens is 1. The average molecular weight is 285 g/mol. The SMILES string of the molecule is CC[C@H]1COc2ncc(Br)cc2C(=O)N1C. The molecule has 2 heterocycles. The van der Waals surface area contributed by atoms with E-state index in [1.54, 1.807) is 24.2 Å². The van der Waals surface area contributed by atoms with Crippen LogP contribution in [0.1, 0.15) is 23.7 Å². The van der Waals surface area contributed by atoms with Crippen LogP contribution in [0, 0.1) is 0 Å². The number of aromatic nitrogens is 1. The smallest absolute Gasteiger partial charge is 0.259 e. The first-order valence-corrected chi connectivity index (χ1v) is 5.98. The van der Waals surface area contributed by atoms with E-state index in [4.69, 9.17) is 4.74 Å². The van der Waals surface area contributed by atoms with Crippen molar-refractivity contribution < 1.29 is 9.53 Å². The first-order valence-electron chi connectivity index (χ1n) is 5.19. The summed E-state index contributed by atoms with van der Waals surface area (Å²) >= 11 is 3.31. The zero-order valence-electron chi connectivity index (χ0n) is 9.24. The molecule has 4 nitrogen and oxygen atoms in total. The molecule has 5 heteroatoms. The first-order chi connectivity index (χ1) is 7.63. The van der Waals surface area contributed by atoms with E-state index in [-0.39, 0.29) is 11.9 Å². The molecule has 0 saturated heterocycles. The lowest BCUT2D eigenvalue weighted by atomic mass is 10.2. The number of nitrogens with zero attached hydrogens (tertiary/aromatic N) is 2. The topological polar surface area (TPSA) is 42.4 Å². The van der Waals surface area contributed by atoms with Crippen LogP contribution in [-0.4, -0.2) is 35.5 Å². The van der Waals surface area contributed by atoms with Crippen LogP contribution in [0.25, 0.3) is 0 Å². The number of ether oxygens (including phenoxy) is 1. The number of pyridine rings is 1. The lowest BCUT2D eigenvalue weighted by Crippen LogP contribution is -2.38. The van der Waals surface area contributed by atoms with Crippen molar-refractivity contribution in [3.63, 3.8) is 0 Å². The van der Waals surface area contributed by atoms with Gasteiger partial charge in [-0.1, -0.05) is 6.92 Å². The van der Waals surface area contributed by atoms with Gasteiger partial charge >= 0.3 is 0 Å². The van der Waals surface area contributed by atoms with Crippen molar-refractivity contribution in [2.75, 3.05) is 13.7 Å². The molecule has 1 atom stereocenters. The van der Waals surface area contributed by atoms with Gasteiger partial charge in [-0.3, -0.25) is 4.79 Å².